The Bertz CT molecular complexity index is 306. The van der Waals surface area contributed by atoms with Gasteiger partial charge in [-0.3, -0.25) is 0 Å². The van der Waals surface area contributed by atoms with Crippen LogP contribution in [0.4, 0.5) is 0 Å². The third-order valence-electron chi connectivity index (χ3n) is 3.33. The SMILES string of the molecule is O=S(=O)(NCCC1CCOC1)C1CCNC1. The second kappa shape index (κ2) is 5.44. The monoisotopic (exact) mass is 248 g/mol. The molecule has 2 rings (SSSR count). The minimum Gasteiger partial charge on any atom is -0.381 e. The van der Waals surface area contributed by atoms with E-state index in [9.17, 15) is 8.42 Å². The zero-order chi connectivity index (χ0) is 11.4. The van der Waals surface area contributed by atoms with E-state index in [1.807, 2.05) is 0 Å². The first-order valence-electron chi connectivity index (χ1n) is 5.95. The maximum Gasteiger partial charge on any atom is 0.215 e. The van der Waals surface area contributed by atoms with E-state index >= 15 is 0 Å². The van der Waals surface area contributed by atoms with Gasteiger partial charge in [0, 0.05) is 26.3 Å². The first kappa shape index (κ1) is 12.3. The highest BCUT2D eigenvalue weighted by molar-refractivity contribution is 7.90. The maximum atomic E-state index is 11.8. The molecular weight excluding hydrogens is 228 g/mol. The summed E-state index contributed by atoms with van der Waals surface area (Å²) in [5.74, 6) is 0.532. The van der Waals surface area contributed by atoms with Crippen LogP contribution in [0, 0.1) is 5.92 Å². The lowest BCUT2D eigenvalue weighted by molar-refractivity contribution is 0.184. The van der Waals surface area contributed by atoms with Gasteiger partial charge in [0.15, 0.2) is 0 Å². The molecule has 2 aliphatic rings. The normalized spacial score (nSPS) is 31.0. The fraction of sp³-hybridized carbons (Fsp3) is 1.00. The lowest BCUT2D eigenvalue weighted by atomic mass is 10.1. The molecule has 2 saturated heterocycles. The molecule has 16 heavy (non-hydrogen) atoms. The summed E-state index contributed by atoms with van der Waals surface area (Å²) in [6, 6.07) is 0. The molecule has 0 aliphatic carbocycles. The van der Waals surface area contributed by atoms with Crippen LogP contribution in [0.15, 0.2) is 0 Å². The lowest BCUT2D eigenvalue weighted by Gasteiger charge is -2.13. The second-order valence-electron chi connectivity index (χ2n) is 4.57. The summed E-state index contributed by atoms with van der Waals surface area (Å²) in [6.45, 7) is 3.55. The molecule has 2 N–H and O–H groups in total. The number of sulfonamides is 1. The van der Waals surface area contributed by atoms with E-state index in [-0.39, 0.29) is 5.25 Å². The smallest absolute Gasteiger partial charge is 0.215 e. The lowest BCUT2D eigenvalue weighted by Crippen LogP contribution is -2.36. The molecular formula is C10H20N2O3S. The molecule has 6 heteroatoms. The predicted molar refractivity (Wildman–Crippen MR) is 61.7 cm³/mol. The van der Waals surface area contributed by atoms with Crippen LogP contribution in [0.3, 0.4) is 0 Å². The molecule has 0 aromatic carbocycles. The summed E-state index contributed by atoms with van der Waals surface area (Å²) in [5, 5.41) is 2.83. The molecule has 0 saturated carbocycles. The van der Waals surface area contributed by atoms with Gasteiger partial charge in [0.1, 0.15) is 0 Å². The number of ether oxygens (including phenoxy) is 1. The van der Waals surface area contributed by atoms with E-state index in [1.165, 1.54) is 0 Å². The van der Waals surface area contributed by atoms with Crippen LogP contribution in [-0.2, 0) is 14.8 Å². The van der Waals surface area contributed by atoms with E-state index in [1.54, 1.807) is 0 Å². The van der Waals surface area contributed by atoms with Crippen molar-refractivity contribution in [1.29, 1.82) is 0 Å². The van der Waals surface area contributed by atoms with Crippen molar-refractivity contribution in [3.63, 3.8) is 0 Å². The van der Waals surface area contributed by atoms with Gasteiger partial charge in [-0.1, -0.05) is 0 Å². The van der Waals surface area contributed by atoms with Gasteiger partial charge in [-0.15, -0.1) is 0 Å². The Hall–Kier alpha value is -0.170. The summed E-state index contributed by atoms with van der Waals surface area (Å²) in [7, 11) is -3.11. The van der Waals surface area contributed by atoms with Gasteiger partial charge in [-0.25, -0.2) is 13.1 Å². The largest absolute Gasteiger partial charge is 0.381 e. The third-order valence-corrected chi connectivity index (χ3v) is 5.22. The van der Waals surface area contributed by atoms with E-state index < -0.39 is 10.0 Å². The Labute approximate surface area is 97.0 Å². The van der Waals surface area contributed by atoms with E-state index in [4.69, 9.17) is 4.74 Å². The summed E-state index contributed by atoms with van der Waals surface area (Å²) in [5.41, 5.74) is 0. The van der Waals surface area contributed by atoms with Gasteiger partial charge in [-0.05, 0) is 31.7 Å². The van der Waals surface area contributed by atoms with Gasteiger partial charge in [0.25, 0.3) is 0 Å². The highest BCUT2D eigenvalue weighted by Gasteiger charge is 2.28. The molecule has 5 nitrogen and oxygen atoms in total. The quantitative estimate of drug-likeness (QED) is 0.700. The number of nitrogens with one attached hydrogen (secondary N) is 2. The van der Waals surface area contributed by atoms with Gasteiger partial charge in [-0.2, -0.15) is 0 Å². The maximum absolute atomic E-state index is 11.8. The molecule has 2 heterocycles. The molecule has 2 aliphatic heterocycles. The predicted octanol–water partition coefficient (Wildman–Crippen LogP) is -0.306. The van der Waals surface area contributed by atoms with Crippen molar-refractivity contribution in [3.8, 4) is 0 Å². The van der Waals surface area contributed by atoms with Crippen molar-refractivity contribution < 1.29 is 13.2 Å². The molecule has 2 unspecified atom stereocenters. The minimum absolute atomic E-state index is 0.243. The van der Waals surface area contributed by atoms with Gasteiger partial charge < -0.3 is 10.1 Å². The minimum atomic E-state index is -3.11. The van der Waals surface area contributed by atoms with Crippen molar-refractivity contribution >= 4 is 10.0 Å². The number of hydrogen-bond acceptors (Lipinski definition) is 4. The molecule has 0 aromatic rings. The van der Waals surface area contributed by atoms with Gasteiger partial charge in [0.05, 0.1) is 5.25 Å². The van der Waals surface area contributed by atoms with E-state index in [0.717, 1.165) is 39.0 Å². The number of rotatable bonds is 5. The Morgan fingerprint density at radius 3 is 2.88 bits per heavy atom. The molecule has 0 bridgehead atoms. The van der Waals surface area contributed by atoms with Crippen LogP contribution in [0.5, 0.6) is 0 Å². The van der Waals surface area contributed by atoms with E-state index in [2.05, 4.69) is 10.0 Å². The molecule has 2 fully saturated rings. The zero-order valence-electron chi connectivity index (χ0n) is 9.44. The van der Waals surface area contributed by atoms with Crippen molar-refractivity contribution in [2.24, 2.45) is 5.92 Å². The van der Waals surface area contributed by atoms with Crippen molar-refractivity contribution in [1.82, 2.24) is 10.0 Å². The van der Waals surface area contributed by atoms with Gasteiger partial charge in [0.2, 0.25) is 10.0 Å². The Balaban J connectivity index is 1.71. The Kier molecular flexibility index (Phi) is 4.18. The third kappa shape index (κ3) is 3.16. The summed E-state index contributed by atoms with van der Waals surface area (Å²) in [6.07, 6.45) is 2.67. The molecule has 0 aromatic heterocycles. The summed E-state index contributed by atoms with van der Waals surface area (Å²) in [4.78, 5) is 0. The fourth-order valence-corrected chi connectivity index (χ4v) is 3.63. The standard InChI is InChI=1S/C10H20N2O3S/c13-16(14,10-2-4-11-7-10)12-5-1-9-3-6-15-8-9/h9-12H,1-8H2. The average molecular weight is 248 g/mol. The molecule has 2 atom stereocenters. The average Bonchev–Trinajstić information content (AvgIpc) is 2.90. The van der Waals surface area contributed by atoms with Crippen molar-refractivity contribution in [2.45, 2.75) is 24.5 Å². The summed E-state index contributed by atoms with van der Waals surface area (Å²) >= 11 is 0. The van der Waals surface area contributed by atoms with Crippen LogP contribution in [-0.4, -0.2) is 46.5 Å². The Morgan fingerprint density at radius 1 is 1.38 bits per heavy atom. The molecule has 0 amide bonds. The number of hydrogen-bond donors (Lipinski definition) is 2. The van der Waals surface area contributed by atoms with Crippen molar-refractivity contribution in [3.05, 3.63) is 0 Å². The zero-order valence-corrected chi connectivity index (χ0v) is 10.3. The first-order valence-corrected chi connectivity index (χ1v) is 7.50. The molecule has 0 radical (unpaired) electrons. The molecule has 0 spiro atoms. The van der Waals surface area contributed by atoms with Crippen LogP contribution >= 0.6 is 0 Å². The van der Waals surface area contributed by atoms with Gasteiger partial charge >= 0.3 is 0 Å². The topological polar surface area (TPSA) is 67.4 Å². The van der Waals surface area contributed by atoms with Crippen molar-refractivity contribution in [2.75, 3.05) is 32.8 Å². The van der Waals surface area contributed by atoms with Crippen LogP contribution < -0.4 is 10.0 Å². The highest BCUT2D eigenvalue weighted by atomic mass is 32.2. The van der Waals surface area contributed by atoms with Crippen LogP contribution in [0.2, 0.25) is 0 Å². The van der Waals surface area contributed by atoms with Crippen LogP contribution in [0.25, 0.3) is 0 Å². The molecule has 94 valence electrons. The fourth-order valence-electron chi connectivity index (χ4n) is 2.23. The Morgan fingerprint density at radius 2 is 2.25 bits per heavy atom. The first-order chi connectivity index (χ1) is 7.68. The summed E-state index contributed by atoms with van der Waals surface area (Å²) < 4.78 is 31.6. The van der Waals surface area contributed by atoms with E-state index in [0.29, 0.717) is 19.0 Å². The van der Waals surface area contributed by atoms with Crippen LogP contribution in [0.1, 0.15) is 19.3 Å². The highest BCUT2D eigenvalue weighted by Crippen LogP contribution is 2.16. The second-order valence-corrected chi connectivity index (χ2v) is 6.62.